The highest BCUT2D eigenvalue weighted by atomic mass is 16.2. The van der Waals surface area contributed by atoms with E-state index in [4.69, 9.17) is 0 Å². The van der Waals surface area contributed by atoms with Gasteiger partial charge in [-0.15, -0.1) is 0 Å². The molecule has 1 saturated heterocycles. The quantitative estimate of drug-likeness (QED) is 0.682. The van der Waals surface area contributed by atoms with E-state index in [2.05, 4.69) is 36.6 Å². The van der Waals surface area contributed by atoms with E-state index in [1.807, 2.05) is 0 Å². The molecule has 2 N–H and O–H groups in total. The molecule has 3 nitrogen and oxygen atoms in total. The number of carbonyl (C=O) groups is 1. The average molecular weight is 216 g/mol. The molecule has 2 aliphatic rings. The summed E-state index contributed by atoms with van der Waals surface area (Å²) in [6.45, 7) is 4.82. The molecule has 1 unspecified atom stereocenters. The Morgan fingerprint density at radius 1 is 1.25 bits per heavy atom. The molecular weight excluding hydrogens is 200 g/mol. The molecule has 84 valence electrons. The summed E-state index contributed by atoms with van der Waals surface area (Å²) in [4.78, 5) is 12.0. The van der Waals surface area contributed by atoms with Crippen molar-refractivity contribution in [2.75, 3.05) is 6.67 Å². The van der Waals surface area contributed by atoms with Crippen LogP contribution in [0.25, 0.3) is 0 Å². The maximum atomic E-state index is 12.0. The lowest BCUT2D eigenvalue weighted by Crippen LogP contribution is -2.41. The van der Waals surface area contributed by atoms with Crippen LogP contribution in [0.2, 0.25) is 0 Å². The van der Waals surface area contributed by atoms with E-state index in [9.17, 15) is 4.79 Å². The fourth-order valence-corrected chi connectivity index (χ4v) is 2.86. The molecule has 1 aliphatic heterocycles. The molecule has 1 fully saturated rings. The maximum absolute atomic E-state index is 12.0. The molecule has 1 heterocycles. The second-order valence-corrected chi connectivity index (χ2v) is 4.86. The maximum Gasteiger partial charge on any atom is 0.245 e. The van der Waals surface area contributed by atoms with Gasteiger partial charge in [-0.2, -0.15) is 0 Å². The first-order chi connectivity index (χ1) is 7.63. The van der Waals surface area contributed by atoms with Gasteiger partial charge in [0.25, 0.3) is 0 Å². The van der Waals surface area contributed by atoms with Gasteiger partial charge in [-0.05, 0) is 48.9 Å². The van der Waals surface area contributed by atoms with Crippen molar-refractivity contribution < 1.29 is 4.79 Å². The van der Waals surface area contributed by atoms with Crippen LogP contribution in [0.5, 0.6) is 0 Å². The Hall–Kier alpha value is -1.35. The summed E-state index contributed by atoms with van der Waals surface area (Å²) < 4.78 is 0. The lowest BCUT2D eigenvalue weighted by atomic mass is 9.90. The Morgan fingerprint density at radius 2 is 2.00 bits per heavy atom. The SMILES string of the molecule is Cc1cc2c(cc1C)C1(CC2)NCNC1=O. The van der Waals surface area contributed by atoms with Gasteiger partial charge < -0.3 is 5.32 Å². The third-order valence-electron chi connectivity index (χ3n) is 3.98. The molecule has 0 aromatic heterocycles. The molecule has 16 heavy (non-hydrogen) atoms. The zero-order valence-electron chi connectivity index (χ0n) is 9.68. The number of hydrogen-bond acceptors (Lipinski definition) is 2. The van der Waals surface area contributed by atoms with Crippen molar-refractivity contribution in [3.05, 3.63) is 34.4 Å². The Balaban J connectivity index is 2.18. The standard InChI is InChI=1S/C13H16N2O/c1-8-5-10-3-4-13(11(10)6-9(8)2)12(16)14-7-15-13/h5-6,15H,3-4,7H2,1-2H3,(H,14,16). The summed E-state index contributed by atoms with van der Waals surface area (Å²) in [5, 5.41) is 6.20. The average Bonchev–Trinajstić information content (AvgIpc) is 2.77. The van der Waals surface area contributed by atoms with Crippen molar-refractivity contribution in [1.82, 2.24) is 10.6 Å². The van der Waals surface area contributed by atoms with Gasteiger partial charge in [-0.1, -0.05) is 12.1 Å². The first-order valence-electron chi connectivity index (χ1n) is 5.77. The number of fused-ring (bicyclic) bond motifs is 2. The molecule has 3 heteroatoms. The summed E-state index contributed by atoms with van der Waals surface area (Å²) in [5.74, 6) is 0.134. The van der Waals surface area contributed by atoms with Crippen LogP contribution in [0.15, 0.2) is 12.1 Å². The predicted molar refractivity (Wildman–Crippen MR) is 62.1 cm³/mol. The second kappa shape index (κ2) is 3.08. The smallest absolute Gasteiger partial charge is 0.245 e. The zero-order valence-corrected chi connectivity index (χ0v) is 9.68. The molecule has 1 amide bonds. The molecule has 3 rings (SSSR count). The van der Waals surface area contributed by atoms with Crippen LogP contribution in [0.4, 0.5) is 0 Å². The number of aryl methyl sites for hydroxylation is 3. The normalized spacial score (nSPS) is 27.2. The number of carbonyl (C=O) groups excluding carboxylic acids is 1. The first-order valence-corrected chi connectivity index (χ1v) is 5.77. The van der Waals surface area contributed by atoms with E-state index in [1.165, 1.54) is 22.3 Å². The Kier molecular flexibility index (Phi) is 1.89. The summed E-state index contributed by atoms with van der Waals surface area (Å²) in [6, 6.07) is 4.41. The Labute approximate surface area is 95.2 Å². The van der Waals surface area contributed by atoms with Gasteiger partial charge in [0.2, 0.25) is 5.91 Å². The minimum absolute atomic E-state index is 0.134. The highest BCUT2D eigenvalue weighted by molar-refractivity contribution is 5.91. The van der Waals surface area contributed by atoms with Gasteiger partial charge in [0, 0.05) is 0 Å². The molecule has 1 atom stereocenters. The highest BCUT2D eigenvalue weighted by Crippen LogP contribution is 2.39. The summed E-state index contributed by atoms with van der Waals surface area (Å²) in [7, 11) is 0. The molecule has 1 aliphatic carbocycles. The lowest BCUT2D eigenvalue weighted by molar-refractivity contribution is -0.124. The topological polar surface area (TPSA) is 41.1 Å². The van der Waals surface area contributed by atoms with Crippen LogP contribution < -0.4 is 10.6 Å². The summed E-state index contributed by atoms with van der Waals surface area (Å²) in [6.07, 6.45) is 1.88. The van der Waals surface area contributed by atoms with Crippen LogP contribution in [0.3, 0.4) is 0 Å². The van der Waals surface area contributed by atoms with E-state index in [-0.39, 0.29) is 5.91 Å². The number of benzene rings is 1. The van der Waals surface area contributed by atoms with Gasteiger partial charge in [0.05, 0.1) is 6.67 Å². The number of amides is 1. The van der Waals surface area contributed by atoms with Crippen molar-refractivity contribution in [1.29, 1.82) is 0 Å². The molecule has 0 radical (unpaired) electrons. The molecule has 0 saturated carbocycles. The molecule has 0 bridgehead atoms. The van der Waals surface area contributed by atoms with Gasteiger partial charge in [-0.25, -0.2) is 0 Å². The van der Waals surface area contributed by atoms with Crippen LogP contribution in [-0.4, -0.2) is 12.6 Å². The van der Waals surface area contributed by atoms with Crippen LogP contribution in [0, 0.1) is 13.8 Å². The number of hydrogen-bond donors (Lipinski definition) is 2. The van der Waals surface area contributed by atoms with Crippen molar-refractivity contribution in [3.8, 4) is 0 Å². The number of nitrogens with one attached hydrogen (secondary N) is 2. The van der Waals surface area contributed by atoms with Crippen LogP contribution >= 0.6 is 0 Å². The molecular formula is C13H16N2O. The minimum Gasteiger partial charge on any atom is -0.342 e. The van der Waals surface area contributed by atoms with E-state index in [1.54, 1.807) is 0 Å². The third-order valence-corrected chi connectivity index (χ3v) is 3.98. The summed E-state index contributed by atoms with van der Waals surface area (Å²) >= 11 is 0. The fraction of sp³-hybridized carbons (Fsp3) is 0.462. The third kappa shape index (κ3) is 1.09. The Bertz CT molecular complexity index is 481. The largest absolute Gasteiger partial charge is 0.342 e. The fourth-order valence-electron chi connectivity index (χ4n) is 2.86. The minimum atomic E-state index is -0.437. The van der Waals surface area contributed by atoms with Gasteiger partial charge in [0.1, 0.15) is 5.54 Å². The van der Waals surface area contributed by atoms with E-state index < -0.39 is 5.54 Å². The molecule has 1 aromatic rings. The zero-order chi connectivity index (χ0) is 11.3. The van der Waals surface area contributed by atoms with Crippen LogP contribution in [-0.2, 0) is 16.8 Å². The first kappa shape index (κ1) is 9.85. The second-order valence-electron chi connectivity index (χ2n) is 4.86. The van der Waals surface area contributed by atoms with Crippen molar-refractivity contribution in [2.24, 2.45) is 0 Å². The van der Waals surface area contributed by atoms with Crippen molar-refractivity contribution in [3.63, 3.8) is 0 Å². The van der Waals surface area contributed by atoms with Crippen LogP contribution in [0.1, 0.15) is 28.7 Å². The summed E-state index contributed by atoms with van der Waals surface area (Å²) in [5.41, 5.74) is 4.65. The lowest BCUT2D eigenvalue weighted by Gasteiger charge is -2.22. The van der Waals surface area contributed by atoms with Crippen molar-refractivity contribution in [2.45, 2.75) is 32.2 Å². The Morgan fingerprint density at radius 3 is 2.69 bits per heavy atom. The van der Waals surface area contributed by atoms with Gasteiger partial charge in [-0.3, -0.25) is 10.1 Å². The molecule has 1 spiro atoms. The van der Waals surface area contributed by atoms with E-state index in [0.717, 1.165) is 12.8 Å². The monoisotopic (exact) mass is 216 g/mol. The highest BCUT2D eigenvalue weighted by Gasteiger charge is 2.48. The van der Waals surface area contributed by atoms with E-state index in [0.29, 0.717) is 6.67 Å². The van der Waals surface area contributed by atoms with Crippen molar-refractivity contribution >= 4 is 5.91 Å². The molecule has 1 aromatic carbocycles. The number of rotatable bonds is 0. The van der Waals surface area contributed by atoms with Gasteiger partial charge in [0.15, 0.2) is 0 Å². The predicted octanol–water partition coefficient (Wildman–Crippen LogP) is 1.12. The van der Waals surface area contributed by atoms with E-state index >= 15 is 0 Å². The van der Waals surface area contributed by atoms with Gasteiger partial charge >= 0.3 is 0 Å².